The molecule has 0 unspecified atom stereocenters. The number of hydrogen-bond acceptors (Lipinski definition) is 5. The highest BCUT2D eigenvalue weighted by atomic mass is 32.2. The summed E-state index contributed by atoms with van der Waals surface area (Å²) in [6, 6.07) is 34.0. The lowest BCUT2D eigenvalue weighted by molar-refractivity contribution is 0.112. The second kappa shape index (κ2) is 10.2. The molecule has 0 spiro atoms. The van der Waals surface area contributed by atoms with Gasteiger partial charge in [-0.1, -0.05) is 60.3 Å². The van der Waals surface area contributed by atoms with E-state index in [0.29, 0.717) is 0 Å². The van der Waals surface area contributed by atoms with E-state index in [4.69, 9.17) is 5.84 Å². The molecule has 0 aliphatic carbocycles. The number of fused-ring (bicyclic) bond motifs is 2. The zero-order chi connectivity index (χ0) is 22.3. The number of para-hydroxylation sites is 3. The molecular formula is C27H25N3OS. The van der Waals surface area contributed by atoms with Crippen molar-refractivity contribution in [3.05, 3.63) is 109 Å². The number of hydrazine groups is 1. The normalized spacial score (nSPS) is 11.5. The first-order valence-corrected chi connectivity index (χ1v) is 11.3. The fraction of sp³-hybridized carbons (Fsp3) is 0.0741. The Morgan fingerprint density at radius 3 is 1.94 bits per heavy atom. The van der Waals surface area contributed by atoms with Crippen molar-refractivity contribution < 1.29 is 4.79 Å². The molecule has 0 amide bonds. The summed E-state index contributed by atoms with van der Waals surface area (Å²) < 4.78 is 0. The van der Waals surface area contributed by atoms with E-state index in [-0.39, 0.29) is 0 Å². The van der Waals surface area contributed by atoms with Gasteiger partial charge < -0.3 is 4.90 Å². The molecule has 1 aliphatic rings. The monoisotopic (exact) mass is 439 g/mol. The van der Waals surface area contributed by atoms with Crippen molar-refractivity contribution in [3.63, 3.8) is 0 Å². The van der Waals surface area contributed by atoms with Crippen LogP contribution in [0.15, 0.2) is 113 Å². The van der Waals surface area contributed by atoms with Gasteiger partial charge in [-0.25, -0.2) is 5.84 Å². The lowest BCUT2D eigenvalue weighted by Crippen LogP contribution is -2.24. The van der Waals surface area contributed by atoms with E-state index >= 15 is 0 Å². The van der Waals surface area contributed by atoms with Gasteiger partial charge in [0.1, 0.15) is 6.29 Å². The zero-order valence-electron chi connectivity index (χ0n) is 17.9. The zero-order valence-corrected chi connectivity index (χ0v) is 18.7. The van der Waals surface area contributed by atoms with Gasteiger partial charge in [-0.3, -0.25) is 9.80 Å². The summed E-state index contributed by atoms with van der Waals surface area (Å²) >= 11 is 1.73. The highest BCUT2D eigenvalue weighted by Gasteiger charge is 2.21. The summed E-state index contributed by atoms with van der Waals surface area (Å²) in [5.74, 6) is 5.95. The second-order valence-electron chi connectivity index (χ2n) is 7.20. The highest BCUT2D eigenvalue weighted by Crippen LogP contribution is 2.47. The van der Waals surface area contributed by atoms with Gasteiger partial charge in [0.25, 0.3) is 0 Å². The molecule has 0 saturated heterocycles. The van der Waals surface area contributed by atoms with Crippen molar-refractivity contribution in [2.45, 2.75) is 16.7 Å². The number of nitrogens with zero attached hydrogens (tertiary/aromatic N) is 2. The molecule has 0 aromatic heterocycles. The van der Waals surface area contributed by atoms with Gasteiger partial charge in [-0.15, -0.1) is 0 Å². The van der Waals surface area contributed by atoms with E-state index in [1.165, 1.54) is 16.3 Å². The lowest BCUT2D eigenvalue weighted by atomic mass is 10.2. The second-order valence-corrected chi connectivity index (χ2v) is 8.28. The van der Waals surface area contributed by atoms with E-state index in [1.54, 1.807) is 16.8 Å². The van der Waals surface area contributed by atoms with Crippen LogP contribution in [0.3, 0.4) is 0 Å². The number of benzene rings is 4. The van der Waals surface area contributed by atoms with Gasteiger partial charge in [0.2, 0.25) is 0 Å². The van der Waals surface area contributed by atoms with Crippen LogP contribution >= 0.6 is 11.8 Å². The van der Waals surface area contributed by atoms with Crippen LogP contribution in [-0.4, -0.2) is 12.8 Å². The largest absolute Gasteiger partial charge is 0.340 e. The minimum Gasteiger partial charge on any atom is -0.340 e. The molecule has 160 valence electrons. The summed E-state index contributed by atoms with van der Waals surface area (Å²) in [4.78, 5) is 15.6. The topological polar surface area (TPSA) is 49.6 Å². The molecule has 0 fully saturated rings. The molecule has 5 heteroatoms. The summed E-state index contributed by atoms with van der Waals surface area (Å²) in [7, 11) is 0. The molecule has 5 rings (SSSR count). The first-order valence-electron chi connectivity index (χ1n) is 10.5. The van der Waals surface area contributed by atoms with Crippen LogP contribution in [0.5, 0.6) is 0 Å². The molecule has 0 radical (unpaired) electrons. The molecule has 4 nitrogen and oxygen atoms in total. The fourth-order valence-electron chi connectivity index (χ4n) is 3.59. The Hall–Kier alpha value is -3.54. The maximum atomic E-state index is 10.9. The van der Waals surface area contributed by atoms with Crippen LogP contribution in [-0.2, 0) is 0 Å². The van der Waals surface area contributed by atoms with Crippen molar-refractivity contribution in [2.75, 3.05) is 16.5 Å². The third-order valence-electron chi connectivity index (χ3n) is 5.17. The van der Waals surface area contributed by atoms with Crippen LogP contribution < -0.4 is 15.8 Å². The quantitative estimate of drug-likeness (QED) is 0.215. The maximum absolute atomic E-state index is 10.9. The Balaban J connectivity index is 0.000000158. The average molecular weight is 440 g/mol. The van der Waals surface area contributed by atoms with Gasteiger partial charge in [-0.05, 0) is 61.5 Å². The van der Waals surface area contributed by atoms with Crippen molar-refractivity contribution >= 4 is 40.8 Å². The third kappa shape index (κ3) is 4.69. The van der Waals surface area contributed by atoms with Gasteiger partial charge >= 0.3 is 0 Å². The molecule has 1 aliphatic heterocycles. The minimum atomic E-state index is 0.733. The van der Waals surface area contributed by atoms with Crippen molar-refractivity contribution in [1.29, 1.82) is 0 Å². The summed E-state index contributed by atoms with van der Waals surface area (Å²) in [6.07, 6.45) is 0.900. The van der Waals surface area contributed by atoms with E-state index in [2.05, 4.69) is 30.0 Å². The van der Waals surface area contributed by atoms with Crippen LogP contribution in [0.2, 0.25) is 0 Å². The molecule has 1 heterocycles. The van der Waals surface area contributed by atoms with Crippen molar-refractivity contribution in [1.82, 2.24) is 0 Å². The van der Waals surface area contributed by atoms with E-state index < -0.39 is 0 Å². The summed E-state index contributed by atoms with van der Waals surface area (Å²) in [6.45, 7) is 3.06. The van der Waals surface area contributed by atoms with Crippen molar-refractivity contribution in [2.24, 2.45) is 5.84 Å². The van der Waals surface area contributed by atoms with Crippen LogP contribution in [0.4, 0.5) is 22.7 Å². The first kappa shape index (κ1) is 21.7. The molecule has 4 aromatic carbocycles. The predicted octanol–water partition coefficient (Wildman–Crippen LogP) is 6.82. The number of hydrogen-bond donors (Lipinski definition) is 1. The Labute approximate surface area is 193 Å². The molecule has 4 aromatic rings. The molecular weight excluding hydrogens is 414 g/mol. The van der Waals surface area contributed by atoms with E-state index in [0.717, 1.165) is 34.7 Å². The summed E-state index contributed by atoms with van der Waals surface area (Å²) in [5.41, 5.74) is 5.14. The number of rotatable bonds is 4. The minimum absolute atomic E-state index is 0.733. The van der Waals surface area contributed by atoms with Crippen LogP contribution in [0.1, 0.15) is 17.3 Å². The third-order valence-corrected chi connectivity index (χ3v) is 6.28. The van der Waals surface area contributed by atoms with Gasteiger partial charge in [0.05, 0.1) is 22.7 Å². The lowest BCUT2D eigenvalue weighted by Gasteiger charge is -2.31. The van der Waals surface area contributed by atoms with Gasteiger partial charge in [-0.2, -0.15) is 0 Å². The number of nitrogens with two attached hydrogens (primary N) is 1. The smallest absolute Gasteiger partial charge is 0.150 e. The van der Waals surface area contributed by atoms with Crippen molar-refractivity contribution in [3.8, 4) is 0 Å². The van der Waals surface area contributed by atoms with E-state index in [1.807, 2.05) is 84.9 Å². The average Bonchev–Trinajstić information content (AvgIpc) is 2.88. The Kier molecular flexibility index (Phi) is 6.90. The fourth-order valence-corrected chi connectivity index (χ4v) is 4.73. The Morgan fingerprint density at radius 1 is 0.781 bits per heavy atom. The van der Waals surface area contributed by atoms with Crippen LogP contribution in [0.25, 0.3) is 0 Å². The Morgan fingerprint density at radius 2 is 1.34 bits per heavy atom. The van der Waals surface area contributed by atoms with Gasteiger partial charge in [0, 0.05) is 21.9 Å². The maximum Gasteiger partial charge on any atom is 0.150 e. The molecule has 0 saturated carbocycles. The number of anilines is 4. The summed E-state index contributed by atoms with van der Waals surface area (Å²) in [5, 5.41) is 1.67. The van der Waals surface area contributed by atoms with Crippen LogP contribution in [0, 0.1) is 0 Å². The number of carbonyl (C=O) groups is 1. The number of carbonyl (C=O) groups excluding carboxylic acids is 1. The predicted molar refractivity (Wildman–Crippen MR) is 134 cm³/mol. The SMILES string of the molecule is CCN1c2ccccc2Sc2cc(C=O)ccc21.NN(c1ccccc1)c1ccccc1. The molecule has 0 bridgehead atoms. The highest BCUT2D eigenvalue weighted by molar-refractivity contribution is 7.99. The molecule has 32 heavy (non-hydrogen) atoms. The van der Waals surface area contributed by atoms with Gasteiger partial charge in [0.15, 0.2) is 0 Å². The first-order chi connectivity index (χ1) is 15.7. The number of aldehydes is 1. The molecule has 0 atom stereocenters. The standard InChI is InChI=1S/C15H13NOS.C12H12N2/c1-2-16-12-5-3-4-6-14(12)18-15-9-11(10-17)7-8-13(15)16;13-14(11-7-3-1-4-8-11)12-9-5-2-6-10-12/h3-10H,2H2,1H3;1-10H,13H2. The Bertz CT molecular complexity index is 1140. The molecule has 2 N–H and O–H groups in total. The van der Waals surface area contributed by atoms with E-state index in [9.17, 15) is 4.79 Å².